The minimum Gasteiger partial charge on any atom is -0.352 e. The highest BCUT2D eigenvalue weighted by atomic mass is 16.1. The molecule has 2 aromatic heterocycles. The van der Waals surface area contributed by atoms with Crippen molar-refractivity contribution >= 4 is 17.0 Å². The largest absolute Gasteiger partial charge is 0.352 e. The number of hydrogen-bond acceptors (Lipinski definition) is 4. The Kier molecular flexibility index (Phi) is 3.91. The van der Waals surface area contributed by atoms with E-state index in [2.05, 4.69) is 57.5 Å². The molecule has 114 valence electrons. The molecule has 2 heterocycles. The third-order valence-corrected chi connectivity index (χ3v) is 3.51. The number of rotatable bonds is 5. The van der Waals surface area contributed by atoms with Gasteiger partial charge in [0, 0.05) is 6.54 Å². The summed E-state index contributed by atoms with van der Waals surface area (Å²) in [7, 11) is 0. The fourth-order valence-electron chi connectivity index (χ4n) is 2.48. The Morgan fingerprint density at radius 1 is 1.23 bits per heavy atom. The Hall–Kier alpha value is -2.63. The standard InChI is InChI=1S/C16H19N5O/c1-10(2)7-11-5-3-4-6-12(11)8-17-16-19-14-13(9-18-21-14)15(22)20-16/h3-6,9-10H,7-8H2,1-2H3,(H3,17,18,19,20,21,22). The Morgan fingerprint density at radius 3 is 2.77 bits per heavy atom. The number of nitrogens with zero attached hydrogens (tertiary/aromatic N) is 2. The third kappa shape index (κ3) is 3.00. The lowest BCUT2D eigenvalue weighted by molar-refractivity contribution is 0.643. The number of fused-ring (bicyclic) bond motifs is 1. The summed E-state index contributed by atoms with van der Waals surface area (Å²) in [4.78, 5) is 18.9. The number of aromatic nitrogens is 4. The topological polar surface area (TPSA) is 86.5 Å². The number of aromatic amines is 2. The molecule has 0 fully saturated rings. The predicted octanol–water partition coefficient (Wildman–Crippen LogP) is 2.46. The zero-order valence-electron chi connectivity index (χ0n) is 12.7. The van der Waals surface area contributed by atoms with Crippen LogP contribution in [-0.4, -0.2) is 20.2 Å². The Morgan fingerprint density at radius 2 is 2.00 bits per heavy atom. The number of anilines is 1. The van der Waals surface area contributed by atoms with Gasteiger partial charge < -0.3 is 5.32 Å². The molecule has 0 spiro atoms. The van der Waals surface area contributed by atoms with Crippen molar-refractivity contribution in [3.05, 3.63) is 51.9 Å². The monoisotopic (exact) mass is 297 g/mol. The highest BCUT2D eigenvalue weighted by molar-refractivity contribution is 5.73. The van der Waals surface area contributed by atoms with Crippen LogP contribution in [0.2, 0.25) is 0 Å². The summed E-state index contributed by atoms with van der Waals surface area (Å²) in [6.45, 7) is 5.02. The second-order valence-corrected chi connectivity index (χ2v) is 5.77. The molecular formula is C16H19N5O. The Bertz CT molecular complexity index is 834. The van der Waals surface area contributed by atoms with Crippen LogP contribution < -0.4 is 10.9 Å². The number of benzene rings is 1. The highest BCUT2D eigenvalue weighted by Crippen LogP contribution is 2.15. The third-order valence-electron chi connectivity index (χ3n) is 3.51. The van der Waals surface area contributed by atoms with Crippen molar-refractivity contribution in [3.8, 4) is 0 Å². The molecule has 0 saturated heterocycles. The van der Waals surface area contributed by atoms with Crippen molar-refractivity contribution in [1.29, 1.82) is 0 Å². The first-order chi connectivity index (χ1) is 10.6. The maximum Gasteiger partial charge on any atom is 0.263 e. The molecule has 0 saturated carbocycles. The summed E-state index contributed by atoms with van der Waals surface area (Å²) < 4.78 is 0. The van der Waals surface area contributed by atoms with Gasteiger partial charge in [0.15, 0.2) is 5.65 Å². The van der Waals surface area contributed by atoms with Gasteiger partial charge in [-0.2, -0.15) is 10.1 Å². The number of nitrogens with one attached hydrogen (secondary N) is 3. The molecule has 1 aromatic carbocycles. The number of H-pyrrole nitrogens is 2. The van der Waals surface area contributed by atoms with Crippen molar-refractivity contribution in [3.63, 3.8) is 0 Å². The molecule has 6 heteroatoms. The van der Waals surface area contributed by atoms with E-state index in [-0.39, 0.29) is 5.56 Å². The predicted molar refractivity (Wildman–Crippen MR) is 86.8 cm³/mol. The molecular weight excluding hydrogens is 278 g/mol. The van der Waals surface area contributed by atoms with Gasteiger partial charge in [-0.1, -0.05) is 38.1 Å². The molecule has 0 aliphatic heterocycles. The van der Waals surface area contributed by atoms with Crippen LogP contribution in [0.25, 0.3) is 11.0 Å². The van der Waals surface area contributed by atoms with Crippen LogP contribution in [0.1, 0.15) is 25.0 Å². The summed E-state index contributed by atoms with van der Waals surface area (Å²) >= 11 is 0. The van der Waals surface area contributed by atoms with Gasteiger partial charge in [-0.3, -0.25) is 14.9 Å². The van der Waals surface area contributed by atoms with Crippen LogP contribution in [-0.2, 0) is 13.0 Å². The first-order valence-corrected chi connectivity index (χ1v) is 7.37. The van der Waals surface area contributed by atoms with Crippen LogP contribution in [0.5, 0.6) is 0 Å². The van der Waals surface area contributed by atoms with E-state index in [4.69, 9.17) is 0 Å². The summed E-state index contributed by atoms with van der Waals surface area (Å²) in [5, 5.41) is 10.2. The first-order valence-electron chi connectivity index (χ1n) is 7.37. The van der Waals surface area contributed by atoms with Gasteiger partial charge >= 0.3 is 0 Å². The lowest BCUT2D eigenvalue weighted by Gasteiger charge is -2.12. The minimum absolute atomic E-state index is 0.197. The lowest BCUT2D eigenvalue weighted by atomic mass is 9.98. The van der Waals surface area contributed by atoms with Crippen molar-refractivity contribution in [2.75, 3.05) is 5.32 Å². The minimum atomic E-state index is -0.197. The van der Waals surface area contributed by atoms with E-state index in [1.54, 1.807) is 0 Å². The molecule has 0 aliphatic rings. The van der Waals surface area contributed by atoms with E-state index >= 15 is 0 Å². The SMILES string of the molecule is CC(C)Cc1ccccc1CNc1nc2[nH]ncc2c(=O)[nH]1. The van der Waals surface area contributed by atoms with Crippen LogP contribution in [0.3, 0.4) is 0 Å². The highest BCUT2D eigenvalue weighted by Gasteiger charge is 2.07. The van der Waals surface area contributed by atoms with Crippen molar-refractivity contribution in [1.82, 2.24) is 20.2 Å². The van der Waals surface area contributed by atoms with E-state index in [9.17, 15) is 4.79 Å². The zero-order valence-corrected chi connectivity index (χ0v) is 12.7. The fourth-order valence-corrected chi connectivity index (χ4v) is 2.48. The average Bonchev–Trinajstić information content (AvgIpc) is 2.95. The molecule has 3 rings (SSSR count). The van der Waals surface area contributed by atoms with Crippen LogP contribution >= 0.6 is 0 Å². The summed E-state index contributed by atoms with van der Waals surface area (Å²) in [6.07, 6.45) is 2.50. The second-order valence-electron chi connectivity index (χ2n) is 5.77. The van der Waals surface area contributed by atoms with Gasteiger partial charge in [0.1, 0.15) is 5.39 Å². The molecule has 0 bridgehead atoms. The van der Waals surface area contributed by atoms with Crippen LogP contribution in [0.15, 0.2) is 35.3 Å². The Labute approximate surface area is 128 Å². The van der Waals surface area contributed by atoms with E-state index in [0.717, 1.165) is 6.42 Å². The van der Waals surface area contributed by atoms with E-state index in [1.807, 2.05) is 6.07 Å². The molecule has 0 radical (unpaired) electrons. The van der Waals surface area contributed by atoms with E-state index < -0.39 is 0 Å². The van der Waals surface area contributed by atoms with Crippen molar-refractivity contribution in [2.45, 2.75) is 26.8 Å². The van der Waals surface area contributed by atoms with Gasteiger partial charge in [0.25, 0.3) is 5.56 Å². The van der Waals surface area contributed by atoms with Gasteiger partial charge in [-0.25, -0.2) is 0 Å². The number of hydrogen-bond donors (Lipinski definition) is 3. The molecule has 6 nitrogen and oxygen atoms in total. The quantitative estimate of drug-likeness (QED) is 0.675. The maximum absolute atomic E-state index is 11.9. The first kappa shape index (κ1) is 14.3. The zero-order chi connectivity index (χ0) is 15.5. The van der Waals surface area contributed by atoms with Crippen LogP contribution in [0.4, 0.5) is 5.95 Å². The van der Waals surface area contributed by atoms with Crippen molar-refractivity contribution in [2.24, 2.45) is 5.92 Å². The maximum atomic E-state index is 11.9. The summed E-state index contributed by atoms with van der Waals surface area (Å²) in [5.74, 6) is 1.04. The summed E-state index contributed by atoms with van der Waals surface area (Å²) in [5.41, 5.74) is 2.82. The molecule has 0 amide bonds. The normalized spacial score (nSPS) is 11.2. The molecule has 0 aliphatic carbocycles. The Balaban J connectivity index is 1.80. The van der Waals surface area contributed by atoms with Gasteiger partial charge in [0.05, 0.1) is 6.20 Å². The molecule has 0 atom stereocenters. The smallest absolute Gasteiger partial charge is 0.263 e. The summed E-state index contributed by atoms with van der Waals surface area (Å²) in [6, 6.07) is 8.32. The van der Waals surface area contributed by atoms with Gasteiger partial charge in [-0.05, 0) is 23.5 Å². The fraction of sp³-hybridized carbons (Fsp3) is 0.312. The molecule has 0 unspecified atom stereocenters. The average molecular weight is 297 g/mol. The van der Waals surface area contributed by atoms with E-state index in [1.165, 1.54) is 17.3 Å². The van der Waals surface area contributed by atoms with Crippen LogP contribution in [0, 0.1) is 5.92 Å². The van der Waals surface area contributed by atoms with E-state index in [0.29, 0.717) is 29.4 Å². The molecule has 3 N–H and O–H groups in total. The second kappa shape index (κ2) is 6.01. The van der Waals surface area contributed by atoms with Gasteiger partial charge in [0.2, 0.25) is 5.95 Å². The van der Waals surface area contributed by atoms with Gasteiger partial charge in [-0.15, -0.1) is 0 Å². The molecule has 22 heavy (non-hydrogen) atoms. The lowest BCUT2D eigenvalue weighted by Crippen LogP contribution is -2.13. The van der Waals surface area contributed by atoms with Crippen molar-refractivity contribution < 1.29 is 0 Å². The molecule has 3 aromatic rings.